The number of carbonyl (C=O) groups is 3. The number of aliphatic hydroxyl groups excluding tert-OH is 1. The van der Waals surface area contributed by atoms with Crippen LogP contribution in [0.15, 0.2) is 28.8 Å². The highest BCUT2D eigenvalue weighted by molar-refractivity contribution is 6.00. The Kier molecular flexibility index (Phi) is 9.70. The second kappa shape index (κ2) is 14.0. The van der Waals surface area contributed by atoms with E-state index in [0.29, 0.717) is 43.3 Å². The van der Waals surface area contributed by atoms with Crippen LogP contribution in [0.2, 0.25) is 0 Å². The van der Waals surface area contributed by atoms with Crippen molar-refractivity contribution in [1.29, 1.82) is 0 Å². The monoisotopic (exact) mass is 595 g/mol. The Morgan fingerprint density at radius 2 is 1.93 bits per heavy atom. The van der Waals surface area contributed by atoms with Crippen LogP contribution in [0.5, 0.6) is 5.75 Å². The first-order chi connectivity index (χ1) is 20.9. The summed E-state index contributed by atoms with van der Waals surface area (Å²) >= 11 is 0. The van der Waals surface area contributed by atoms with Gasteiger partial charge in [-0.1, -0.05) is 11.2 Å². The molecular formula is C27H33N9O7. The first-order valence-corrected chi connectivity index (χ1v) is 13.9. The minimum absolute atomic E-state index is 0.0199. The minimum atomic E-state index is -0.573. The van der Waals surface area contributed by atoms with Crippen molar-refractivity contribution in [2.45, 2.75) is 19.4 Å². The van der Waals surface area contributed by atoms with Gasteiger partial charge in [0.1, 0.15) is 0 Å². The van der Waals surface area contributed by atoms with E-state index in [9.17, 15) is 14.4 Å². The van der Waals surface area contributed by atoms with Crippen LogP contribution in [0, 0.1) is 5.92 Å². The molecule has 1 aliphatic heterocycles. The summed E-state index contributed by atoms with van der Waals surface area (Å²) in [7, 11) is 1.47. The van der Waals surface area contributed by atoms with Gasteiger partial charge in [-0.3, -0.25) is 19.3 Å². The fourth-order valence-corrected chi connectivity index (χ4v) is 4.34. The molecule has 5 N–H and O–H groups in total. The van der Waals surface area contributed by atoms with E-state index in [0.717, 1.165) is 12.8 Å². The topological polar surface area (TPSA) is 206 Å². The summed E-state index contributed by atoms with van der Waals surface area (Å²) in [6, 6.07) is 6.66. The average molecular weight is 596 g/mol. The first-order valence-electron chi connectivity index (χ1n) is 13.9. The second-order valence-electron chi connectivity index (χ2n) is 9.93. The number of aromatic nitrogens is 4. The first kappa shape index (κ1) is 29.8. The van der Waals surface area contributed by atoms with Crippen molar-refractivity contribution < 1.29 is 33.5 Å². The molecule has 228 valence electrons. The van der Waals surface area contributed by atoms with Crippen LogP contribution in [0.3, 0.4) is 0 Å². The maximum absolute atomic E-state index is 12.8. The van der Waals surface area contributed by atoms with E-state index >= 15 is 0 Å². The van der Waals surface area contributed by atoms with Gasteiger partial charge in [0.15, 0.2) is 23.1 Å². The minimum Gasteiger partial charge on any atom is -0.494 e. The van der Waals surface area contributed by atoms with Crippen molar-refractivity contribution in [2.75, 3.05) is 63.7 Å². The molecule has 3 heterocycles. The number of anilines is 3. The lowest BCUT2D eigenvalue weighted by Gasteiger charge is -2.25. The van der Waals surface area contributed by atoms with Crippen molar-refractivity contribution >= 4 is 34.9 Å². The highest BCUT2D eigenvalue weighted by Crippen LogP contribution is 2.38. The fraction of sp³-hybridized carbons (Fsp3) is 0.444. The van der Waals surface area contributed by atoms with Crippen LogP contribution in [-0.4, -0.2) is 101 Å². The molecule has 1 aromatic carbocycles. The molecule has 1 saturated carbocycles. The molecule has 3 amide bonds. The van der Waals surface area contributed by atoms with Gasteiger partial charge in [0.2, 0.25) is 11.8 Å². The molecule has 0 spiro atoms. The average Bonchev–Trinajstić information content (AvgIpc) is 3.77. The van der Waals surface area contributed by atoms with Crippen molar-refractivity contribution in [2.24, 2.45) is 5.92 Å². The molecule has 2 aliphatic rings. The molecule has 0 radical (unpaired) electrons. The Morgan fingerprint density at radius 1 is 1.12 bits per heavy atom. The summed E-state index contributed by atoms with van der Waals surface area (Å²) in [5.41, 5.74) is 1.07. The summed E-state index contributed by atoms with van der Waals surface area (Å²) in [5, 5.41) is 32.3. The van der Waals surface area contributed by atoms with Crippen LogP contribution in [0.4, 0.5) is 17.2 Å². The second-order valence-corrected chi connectivity index (χ2v) is 9.93. The highest BCUT2D eigenvalue weighted by atomic mass is 16.5. The number of hydrogen-bond acceptors (Lipinski definition) is 13. The van der Waals surface area contributed by atoms with Gasteiger partial charge in [-0.05, 0) is 25.0 Å². The van der Waals surface area contributed by atoms with E-state index < -0.39 is 5.91 Å². The largest absolute Gasteiger partial charge is 0.494 e. The van der Waals surface area contributed by atoms with Gasteiger partial charge >= 0.3 is 0 Å². The van der Waals surface area contributed by atoms with Crippen molar-refractivity contribution in [1.82, 2.24) is 35.9 Å². The van der Waals surface area contributed by atoms with E-state index in [2.05, 4.69) is 41.6 Å². The zero-order valence-electron chi connectivity index (χ0n) is 23.6. The molecule has 3 aromatic rings. The Morgan fingerprint density at radius 3 is 2.67 bits per heavy atom. The number of amides is 3. The molecule has 0 atom stereocenters. The molecule has 5 rings (SSSR count). The summed E-state index contributed by atoms with van der Waals surface area (Å²) in [5.74, 6) is -0.0127. The number of aliphatic hydroxyl groups is 1. The molecule has 16 heteroatoms. The number of nitrogens with one attached hydrogen (secondary N) is 4. The number of rotatable bonds is 13. The van der Waals surface area contributed by atoms with Crippen LogP contribution < -0.4 is 26.0 Å². The highest BCUT2D eigenvalue weighted by Gasteiger charge is 2.30. The van der Waals surface area contributed by atoms with Gasteiger partial charge in [-0.25, -0.2) is 0 Å². The number of morpholine rings is 1. The molecule has 2 aromatic heterocycles. The Labute approximate surface area is 246 Å². The van der Waals surface area contributed by atoms with Crippen molar-refractivity contribution in [3.8, 4) is 17.2 Å². The molecule has 16 nitrogen and oxygen atoms in total. The lowest BCUT2D eigenvalue weighted by molar-refractivity contribution is -0.123. The Balaban J connectivity index is 1.33. The van der Waals surface area contributed by atoms with Crippen LogP contribution >= 0.6 is 0 Å². The van der Waals surface area contributed by atoms with E-state index in [4.69, 9.17) is 19.1 Å². The normalized spacial score (nSPS) is 15.0. The molecule has 0 bridgehead atoms. The molecule has 0 unspecified atom stereocenters. The van der Waals surface area contributed by atoms with Crippen LogP contribution in [0.25, 0.3) is 11.5 Å². The summed E-state index contributed by atoms with van der Waals surface area (Å²) in [6.45, 7) is 2.71. The van der Waals surface area contributed by atoms with E-state index in [1.165, 1.54) is 13.2 Å². The van der Waals surface area contributed by atoms with Gasteiger partial charge in [0.05, 0.1) is 57.0 Å². The maximum atomic E-state index is 12.8. The Bertz CT molecular complexity index is 1450. The maximum Gasteiger partial charge on any atom is 0.274 e. The van der Waals surface area contributed by atoms with Gasteiger partial charge in [0, 0.05) is 31.6 Å². The third-order valence-electron chi connectivity index (χ3n) is 6.71. The molecule has 1 aliphatic carbocycles. The van der Waals surface area contributed by atoms with Gasteiger partial charge < -0.3 is 40.4 Å². The number of para-hydroxylation sites is 1. The molecule has 43 heavy (non-hydrogen) atoms. The van der Waals surface area contributed by atoms with Gasteiger partial charge in [0.25, 0.3) is 11.8 Å². The number of carbonyl (C=O) groups excluding carboxylic acids is 3. The number of hydrogen-bond donors (Lipinski definition) is 5. The molecular weight excluding hydrogens is 562 g/mol. The SMILES string of the molecule is COc1c(Nc2cc(NC(=O)C3CC3)nnc2C(=O)NCCO)cccc1-c1nc(CNC(=O)CN2CCOCC2)no1. The third-order valence-corrected chi connectivity index (χ3v) is 6.71. The van der Waals surface area contributed by atoms with Gasteiger partial charge in [-0.2, -0.15) is 4.98 Å². The Hall–Kier alpha value is -4.67. The standard InChI is InChI=1S/C27H33N9O7/c1-41-24-17(27-32-21(35-43-27)14-29-22(38)15-36-8-11-42-12-9-36)3-2-4-18(24)30-19-13-20(31-25(39)16-5-6-16)33-34-23(19)26(40)28-7-10-37/h2-4,13,16,37H,5-12,14-15H2,1H3,(H,28,40)(H,29,38)(H2,30,31,33,39). The summed E-state index contributed by atoms with van der Waals surface area (Å²) < 4.78 is 16.5. The van der Waals surface area contributed by atoms with Crippen molar-refractivity contribution in [3.63, 3.8) is 0 Å². The van der Waals surface area contributed by atoms with E-state index in [1.54, 1.807) is 18.2 Å². The lowest BCUT2D eigenvalue weighted by Crippen LogP contribution is -2.43. The van der Waals surface area contributed by atoms with Crippen LogP contribution in [0.1, 0.15) is 29.2 Å². The molecule has 1 saturated heterocycles. The van der Waals surface area contributed by atoms with E-state index in [-0.39, 0.29) is 72.9 Å². The van der Waals surface area contributed by atoms with Crippen molar-refractivity contribution in [3.05, 3.63) is 35.8 Å². The number of ether oxygens (including phenoxy) is 2. The zero-order chi connectivity index (χ0) is 30.2. The fourth-order valence-electron chi connectivity index (χ4n) is 4.34. The third kappa shape index (κ3) is 7.79. The molecule has 2 fully saturated rings. The number of benzene rings is 1. The summed E-state index contributed by atoms with van der Waals surface area (Å²) in [6.07, 6.45) is 1.63. The zero-order valence-corrected chi connectivity index (χ0v) is 23.6. The smallest absolute Gasteiger partial charge is 0.274 e. The van der Waals surface area contributed by atoms with Crippen LogP contribution in [-0.2, 0) is 20.9 Å². The van der Waals surface area contributed by atoms with Gasteiger partial charge in [-0.15, -0.1) is 10.2 Å². The summed E-state index contributed by atoms with van der Waals surface area (Å²) in [4.78, 5) is 43.9. The predicted molar refractivity (Wildman–Crippen MR) is 151 cm³/mol. The number of methoxy groups -OCH3 is 1. The predicted octanol–water partition coefficient (Wildman–Crippen LogP) is 0.298. The lowest BCUT2D eigenvalue weighted by atomic mass is 10.1. The van der Waals surface area contributed by atoms with E-state index in [1.807, 2.05) is 4.90 Å². The number of nitrogens with zero attached hydrogens (tertiary/aromatic N) is 5. The quantitative estimate of drug-likeness (QED) is 0.180.